The highest BCUT2D eigenvalue weighted by molar-refractivity contribution is 6.04. The van der Waals surface area contributed by atoms with E-state index in [2.05, 4.69) is 5.32 Å². The molecule has 0 atom stereocenters. The molecule has 0 aliphatic heterocycles. The normalized spacial score (nSPS) is 10.3. The van der Waals surface area contributed by atoms with Gasteiger partial charge in [-0.25, -0.2) is 4.39 Å². The number of halogens is 1. The second-order valence-corrected chi connectivity index (χ2v) is 6.07. The smallest absolute Gasteiger partial charge is 0.255 e. The lowest BCUT2D eigenvalue weighted by atomic mass is 10.1. The van der Waals surface area contributed by atoms with Crippen molar-refractivity contribution in [1.29, 1.82) is 0 Å². The number of anilines is 1. The summed E-state index contributed by atoms with van der Waals surface area (Å²) in [4.78, 5) is 24.4. The third-order valence-corrected chi connectivity index (χ3v) is 3.94. The molecule has 0 bridgehead atoms. The molecule has 0 radical (unpaired) electrons. The Balaban J connectivity index is 1.61. The second kappa shape index (κ2) is 8.27. The molecule has 0 saturated carbocycles. The minimum Gasteiger partial charge on any atom is -0.485 e. The Hall–Kier alpha value is -3.47. The summed E-state index contributed by atoms with van der Waals surface area (Å²) >= 11 is 0. The molecule has 0 aromatic heterocycles. The Morgan fingerprint density at radius 2 is 1.59 bits per heavy atom. The van der Waals surface area contributed by atoms with Gasteiger partial charge in [0.25, 0.3) is 5.91 Å². The molecule has 0 spiro atoms. The van der Waals surface area contributed by atoms with Gasteiger partial charge in [0.2, 0.25) is 0 Å². The maximum absolute atomic E-state index is 12.9. The average molecular weight is 363 g/mol. The quantitative estimate of drug-likeness (QED) is 0.649. The van der Waals surface area contributed by atoms with Crippen LogP contribution in [0.25, 0.3) is 0 Å². The van der Waals surface area contributed by atoms with Crippen LogP contribution in [0.2, 0.25) is 0 Å². The molecule has 1 N–H and O–H groups in total. The van der Waals surface area contributed by atoms with Gasteiger partial charge in [-0.15, -0.1) is 0 Å². The zero-order valence-corrected chi connectivity index (χ0v) is 14.7. The van der Waals surface area contributed by atoms with Crippen LogP contribution in [0.5, 0.6) is 5.75 Å². The first-order chi connectivity index (χ1) is 13.0. The van der Waals surface area contributed by atoms with Crippen molar-refractivity contribution in [2.24, 2.45) is 0 Å². The van der Waals surface area contributed by atoms with Crippen molar-refractivity contribution in [3.05, 3.63) is 95.3 Å². The molecule has 1 amide bonds. The fourth-order valence-corrected chi connectivity index (χ4v) is 2.44. The van der Waals surface area contributed by atoms with Gasteiger partial charge in [-0.3, -0.25) is 9.59 Å². The topological polar surface area (TPSA) is 55.4 Å². The maximum atomic E-state index is 12.9. The van der Waals surface area contributed by atoms with Gasteiger partial charge < -0.3 is 10.1 Å². The van der Waals surface area contributed by atoms with Gasteiger partial charge in [0.15, 0.2) is 12.4 Å². The molecule has 0 aliphatic rings. The van der Waals surface area contributed by atoms with Gasteiger partial charge in [-0.05, 0) is 55.5 Å². The van der Waals surface area contributed by atoms with Gasteiger partial charge in [0.1, 0.15) is 11.6 Å². The predicted molar refractivity (Wildman–Crippen MR) is 102 cm³/mol. The number of ether oxygens (including phenoxy) is 1. The third-order valence-electron chi connectivity index (χ3n) is 3.94. The van der Waals surface area contributed by atoms with E-state index in [1.54, 1.807) is 36.4 Å². The lowest BCUT2D eigenvalue weighted by Gasteiger charge is -2.09. The third kappa shape index (κ3) is 5.01. The standard InChI is InChI=1S/C22H18FNO3/c1-15-5-7-17(8-6-15)22(26)24-19-3-2-4-20(13-19)27-14-21(25)16-9-11-18(23)12-10-16/h2-13H,14H2,1H3,(H,24,26). The average Bonchev–Trinajstić information content (AvgIpc) is 2.67. The first-order valence-electron chi connectivity index (χ1n) is 8.41. The molecule has 0 saturated heterocycles. The second-order valence-electron chi connectivity index (χ2n) is 6.07. The highest BCUT2D eigenvalue weighted by Gasteiger charge is 2.09. The Morgan fingerprint density at radius 1 is 0.926 bits per heavy atom. The monoisotopic (exact) mass is 363 g/mol. The first-order valence-corrected chi connectivity index (χ1v) is 8.41. The number of Topliss-reactive ketones (excluding diaryl/α,β-unsaturated/α-hetero) is 1. The van der Waals surface area contributed by atoms with Crippen molar-refractivity contribution in [2.75, 3.05) is 11.9 Å². The van der Waals surface area contributed by atoms with E-state index in [4.69, 9.17) is 4.74 Å². The van der Waals surface area contributed by atoms with Gasteiger partial charge in [0.05, 0.1) is 0 Å². The molecule has 0 unspecified atom stereocenters. The number of nitrogens with one attached hydrogen (secondary N) is 1. The molecule has 0 heterocycles. The number of ketones is 1. The van der Waals surface area contributed by atoms with Crippen LogP contribution < -0.4 is 10.1 Å². The van der Waals surface area contributed by atoms with E-state index in [1.165, 1.54) is 24.3 Å². The van der Waals surface area contributed by atoms with E-state index in [9.17, 15) is 14.0 Å². The largest absolute Gasteiger partial charge is 0.485 e. The van der Waals surface area contributed by atoms with Crippen molar-refractivity contribution < 1.29 is 18.7 Å². The highest BCUT2D eigenvalue weighted by Crippen LogP contribution is 2.19. The van der Waals surface area contributed by atoms with E-state index >= 15 is 0 Å². The van der Waals surface area contributed by atoms with E-state index in [0.29, 0.717) is 22.6 Å². The summed E-state index contributed by atoms with van der Waals surface area (Å²) in [7, 11) is 0. The minimum atomic E-state index is -0.399. The Morgan fingerprint density at radius 3 is 2.30 bits per heavy atom. The van der Waals surface area contributed by atoms with Crippen molar-refractivity contribution >= 4 is 17.4 Å². The molecule has 3 aromatic carbocycles. The maximum Gasteiger partial charge on any atom is 0.255 e. The van der Waals surface area contributed by atoms with Crippen molar-refractivity contribution in [3.8, 4) is 5.75 Å². The van der Waals surface area contributed by atoms with E-state index in [1.807, 2.05) is 19.1 Å². The number of carbonyl (C=O) groups is 2. The van der Waals surface area contributed by atoms with Crippen LogP contribution in [0.3, 0.4) is 0 Å². The summed E-state index contributed by atoms with van der Waals surface area (Å²) in [5, 5.41) is 2.80. The summed E-state index contributed by atoms with van der Waals surface area (Å²) in [6, 6.07) is 19.3. The molecular formula is C22H18FNO3. The zero-order valence-electron chi connectivity index (χ0n) is 14.7. The number of rotatable bonds is 6. The zero-order chi connectivity index (χ0) is 19.2. The molecule has 3 aromatic rings. The summed E-state index contributed by atoms with van der Waals surface area (Å²) in [5.41, 5.74) is 2.57. The molecule has 0 fully saturated rings. The summed E-state index contributed by atoms with van der Waals surface area (Å²) in [6.07, 6.45) is 0. The Kier molecular flexibility index (Phi) is 5.61. The van der Waals surface area contributed by atoms with Gasteiger partial charge in [0, 0.05) is 22.9 Å². The molecule has 136 valence electrons. The van der Waals surface area contributed by atoms with Gasteiger partial charge in [-0.2, -0.15) is 0 Å². The van der Waals surface area contributed by atoms with Crippen LogP contribution in [0, 0.1) is 12.7 Å². The van der Waals surface area contributed by atoms with Crippen LogP contribution in [-0.2, 0) is 0 Å². The van der Waals surface area contributed by atoms with E-state index in [0.717, 1.165) is 5.56 Å². The highest BCUT2D eigenvalue weighted by atomic mass is 19.1. The van der Waals surface area contributed by atoms with Crippen LogP contribution in [0.15, 0.2) is 72.8 Å². The van der Waals surface area contributed by atoms with Crippen molar-refractivity contribution in [1.82, 2.24) is 0 Å². The Labute approximate surface area is 156 Å². The molecule has 5 heteroatoms. The predicted octanol–water partition coefficient (Wildman–Crippen LogP) is 4.65. The Bertz CT molecular complexity index is 950. The molecule has 4 nitrogen and oxygen atoms in total. The first kappa shape index (κ1) is 18.3. The number of aryl methyl sites for hydroxylation is 1. The minimum absolute atomic E-state index is 0.180. The van der Waals surface area contributed by atoms with Crippen LogP contribution in [0.4, 0.5) is 10.1 Å². The number of hydrogen-bond acceptors (Lipinski definition) is 3. The van der Waals surface area contributed by atoms with Gasteiger partial charge >= 0.3 is 0 Å². The van der Waals surface area contributed by atoms with Crippen molar-refractivity contribution in [3.63, 3.8) is 0 Å². The fourth-order valence-electron chi connectivity index (χ4n) is 2.44. The number of carbonyl (C=O) groups excluding carboxylic acids is 2. The van der Waals surface area contributed by atoms with Crippen LogP contribution >= 0.6 is 0 Å². The molecule has 0 aliphatic carbocycles. The number of benzene rings is 3. The van der Waals surface area contributed by atoms with Crippen LogP contribution in [0.1, 0.15) is 26.3 Å². The summed E-state index contributed by atoms with van der Waals surface area (Å²) in [5.74, 6) is -0.435. The SMILES string of the molecule is Cc1ccc(C(=O)Nc2cccc(OCC(=O)c3ccc(F)cc3)c2)cc1. The van der Waals surface area contributed by atoms with Crippen LogP contribution in [-0.4, -0.2) is 18.3 Å². The molecule has 27 heavy (non-hydrogen) atoms. The summed E-state index contributed by atoms with van der Waals surface area (Å²) in [6.45, 7) is 1.77. The van der Waals surface area contributed by atoms with Crippen molar-refractivity contribution in [2.45, 2.75) is 6.92 Å². The molecular weight excluding hydrogens is 345 g/mol. The number of hydrogen-bond donors (Lipinski definition) is 1. The van der Waals surface area contributed by atoms with E-state index < -0.39 is 5.82 Å². The fraction of sp³-hybridized carbons (Fsp3) is 0.0909. The van der Waals surface area contributed by atoms with Gasteiger partial charge in [-0.1, -0.05) is 23.8 Å². The van der Waals surface area contributed by atoms with E-state index in [-0.39, 0.29) is 18.3 Å². The number of amides is 1. The lowest BCUT2D eigenvalue weighted by molar-refractivity contribution is 0.0920. The summed E-state index contributed by atoms with van der Waals surface area (Å²) < 4.78 is 18.4. The molecule has 3 rings (SSSR count). The lowest BCUT2D eigenvalue weighted by Crippen LogP contribution is -2.13.